The molecule has 0 atom stereocenters. The number of nitriles is 1. The summed E-state index contributed by atoms with van der Waals surface area (Å²) < 4.78 is 23.0. The van der Waals surface area contributed by atoms with Crippen molar-refractivity contribution in [2.24, 2.45) is 0 Å². The molecule has 0 amide bonds. The quantitative estimate of drug-likeness (QED) is 0.436. The van der Waals surface area contributed by atoms with Crippen molar-refractivity contribution in [2.75, 3.05) is 19.1 Å². The lowest BCUT2D eigenvalue weighted by atomic mass is 9.77. The van der Waals surface area contributed by atoms with Gasteiger partial charge >= 0.3 is 7.12 Å². The van der Waals surface area contributed by atoms with Crippen molar-refractivity contribution in [3.8, 4) is 17.6 Å². The third-order valence-electron chi connectivity index (χ3n) is 6.94. The van der Waals surface area contributed by atoms with E-state index in [0.29, 0.717) is 29.9 Å². The molecule has 0 N–H and O–H groups in total. The Hall–Kier alpha value is -3.54. The van der Waals surface area contributed by atoms with E-state index in [2.05, 4.69) is 11.0 Å². The molecule has 3 aromatic rings. The molecule has 0 aliphatic carbocycles. The van der Waals surface area contributed by atoms with Crippen LogP contribution in [0.4, 0.5) is 5.82 Å². The average Bonchev–Trinajstić information content (AvgIpc) is 3.10. The molecule has 1 fully saturated rings. The Bertz CT molecular complexity index is 1170. The van der Waals surface area contributed by atoms with Gasteiger partial charge in [0.15, 0.2) is 0 Å². The predicted octanol–water partition coefficient (Wildman–Crippen LogP) is 4.48. The lowest BCUT2D eigenvalue weighted by Crippen LogP contribution is -2.41. The summed E-state index contributed by atoms with van der Waals surface area (Å²) in [7, 11) is 2.66. The van der Waals surface area contributed by atoms with Crippen LogP contribution in [0.5, 0.6) is 11.5 Å². The maximum absolute atomic E-state index is 10.0. The minimum Gasteiger partial charge on any atom is -0.497 e. The highest BCUT2D eigenvalue weighted by molar-refractivity contribution is 6.62. The molecule has 0 bridgehead atoms. The summed E-state index contributed by atoms with van der Waals surface area (Å²) in [6, 6.07) is 20.0. The largest absolute Gasteiger partial charge is 0.497 e. The van der Waals surface area contributed by atoms with Gasteiger partial charge in [0.1, 0.15) is 17.3 Å². The van der Waals surface area contributed by atoms with Crippen LogP contribution in [-0.2, 0) is 22.4 Å². The van der Waals surface area contributed by atoms with E-state index in [4.69, 9.17) is 23.8 Å². The molecule has 0 spiro atoms. The van der Waals surface area contributed by atoms with Crippen molar-refractivity contribution in [3.05, 3.63) is 77.5 Å². The van der Waals surface area contributed by atoms with Gasteiger partial charge in [-0.15, -0.1) is 0 Å². The third-order valence-corrected chi connectivity index (χ3v) is 6.94. The van der Waals surface area contributed by atoms with E-state index in [1.807, 2.05) is 82.3 Å². The van der Waals surface area contributed by atoms with Gasteiger partial charge in [-0.3, -0.25) is 0 Å². The fourth-order valence-corrected chi connectivity index (χ4v) is 4.00. The summed E-state index contributed by atoms with van der Waals surface area (Å²) in [5.74, 6) is 2.30. The summed E-state index contributed by atoms with van der Waals surface area (Å²) in [5.41, 5.74) is 2.30. The second-order valence-corrected chi connectivity index (χ2v) is 9.88. The second-order valence-electron chi connectivity index (χ2n) is 9.88. The van der Waals surface area contributed by atoms with E-state index in [1.165, 1.54) is 0 Å². The monoisotopic (exact) mass is 485 g/mol. The summed E-state index contributed by atoms with van der Waals surface area (Å²) in [6.07, 6.45) is 1.70. The van der Waals surface area contributed by atoms with Crippen LogP contribution in [0.2, 0.25) is 0 Å². The number of rotatable bonds is 8. The first-order chi connectivity index (χ1) is 17.2. The number of ether oxygens (including phenoxy) is 2. The minimum absolute atomic E-state index is 0.480. The number of methoxy groups -OCH3 is 2. The van der Waals surface area contributed by atoms with Gasteiger partial charge in [0.2, 0.25) is 0 Å². The molecule has 1 aliphatic rings. The van der Waals surface area contributed by atoms with E-state index in [9.17, 15) is 5.26 Å². The normalized spacial score (nSPS) is 15.9. The molecule has 0 saturated carbocycles. The average molecular weight is 485 g/mol. The van der Waals surface area contributed by atoms with E-state index in [-0.39, 0.29) is 0 Å². The van der Waals surface area contributed by atoms with Gasteiger partial charge in [0.05, 0.1) is 37.1 Å². The summed E-state index contributed by atoms with van der Waals surface area (Å²) in [5, 5.41) is 10.0. The van der Waals surface area contributed by atoms with Crippen molar-refractivity contribution in [1.82, 2.24) is 4.98 Å². The zero-order valence-corrected chi connectivity index (χ0v) is 21.7. The van der Waals surface area contributed by atoms with Crippen molar-refractivity contribution in [3.63, 3.8) is 0 Å². The van der Waals surface area contributed by atoms with E-state index >= 15 is 0 Å². The summed E-state index contributed by atoms with van der Waals surface area (Å²) >= 11 is 0. The first-order valence-corrected chi connectivity index (χ1v) is 11.9. The number of pyridine rings is 1. The molecule has 1 aromatic heterocycles. The van der Waals surface area contributed by atoms with Gasteiger partial charge in [-0.1, -0.05) is 24.3 Å². The fourth-order valence-electron chi connectivity index (χ4n) is 4.00. The Kier molecular flexibility index (Phi) is 7.25. The van der Waals surface area contributed by atoms with Crippen LogP contribution < -0.4 is 19.8 Å². The molecule has 0 radical (unpaired) electrons. The SMILES string of the molecule is COc1ccc(CN(Cc2ccc(OC)cc2)c2cc(C#N)c(B3OC(C)(C)C(C)(C)O3)cn2)cc1. The van der Waals surface area contributed by atoms with Gasteiger partial charge in [-0.2, -0.15) is 5.26 Å². The van der Waals surface area contributed by atoms with Crippen LogP contribution in [0.1, 0.15) is 44.4 Å². The summed E-state index contributed by atoms with van der Waals surface area (Å²) in [6.45, 7) is 9.17. The van der Waals surface area contributed by atoms with Gasteiger partial charge in [0.25, 0.3) is 0 Å². The highest BCUT2D eigenvalue weighted by atomic mass is 16.7. The number of hydrogen-bond donors (Lipinski definition) is 0. The molecule has 1 aliphatic heterocycles. The number of anilines is 1. The molecular weight excluding hydrogens is 453 g/mol. The third kappa shape index (κ3) is 5.33. The fraction of sp³-hybridized carbons (Fsp3) is 0.357. The number of hydrogen-bond acceptors (Lipinski definition) is 7. The first kappa shape index (κ1) is 25.6. The maximum atomic E-state index is 10.0. The molecule has 1 saturated heterocycles. The van der Waals surface area contributed by atoms with E-state index in [1.54, 1.807) is 20.4 Å². The van der Waals surface area contributed by atoms with Crippen molar-refractivity contribution in [2.45, 2.75) is 52.0 Å². The molecule has 36 heavy (non-hydrogen) atoms. The Balaban J connectivity index is 1.66. The molecule has 0 unspecified atom stereocenters. The molecule has 4 rings (SSSR count). The van der Waals surface area contributed by atoms with Crippen LogP contribution in [-0.4, -0.2) is 37.5 Å². The standard InChI is InChI=1S/C28H32BN3O4/c1-27(2)28(3,4)36-29(35-27)25-17-31-26(15-22(25)16-30)32(18-20-7-11-23(33-5)12-8-20)19-21-9-13-24(34-6)14-10-21/h7-15,17H,18-19H2,1-6H3. The smallest absolute Gasteiger partial charge is 0.497 e. The molecule has 7 nitrogen and oxygen atoms in total. The first-order valence-electron chi connectivity index (χ1n) is 11.9. The topological polar surface area (TPSA) is 76.8 Å². The van der Waals surface area contributed by atoms with Gasteiger partial charge in [0, 0.05) is 24.7 Å². The Morgan fingerprint density at radius 2 is 1.33 bits per heavy atom. The lowest BCUT2D eigenvalue weighted by molar-refractivity contribution is 0.00578. The van der Waals surface area contributed by atoms with Crippen LogP contribution >= 0.6 is 0 Å². The van der Waals surface area contributed by atoms with Crippen molar-refractivity contribution >= 4 is 18.4 Å². The predicted molar refractivity (Wildman–Crippen MR) is 141 cm³/mol. The van der Waals surface area contributed by atoms with Gasteiger partial charge < -0.3 is 23.7 Å². The molecule has 8 heteroatoms. The molecule has 2 aromatic carbocycles. The van der Waals surface area contributed by atoms with E-state index < -0.39 is 18.3 Å². The summed E-state index contributed by atoms with van der Waals surface area (Å²) in [4.78, 5) is 6.89. The zero-order chi connectivity index (χ0) is 25.9. The number of benzene rings is 2. The zero-order valence-electron chi connectivity index (χ0n) is 21.7. The van der Waals surface area contributed by atoms with Crippen LogP contribution in [0.15, 0.2) is 60.8 Å². The Labute approximate surface area is 213 Å². The van der Waals surface area contributed by atoms with Crippen molar-refractivity contribution in [1.29, 1.82) is 5.26 Å². The van der Waals surface area contributed by atoms with Crippen LogP contribution in [0.25, 0.3) is 0 Å². The highest BCUT2D eigenvalue weighted by Crippen LogP contribution is 2.36. The molecule has 186 valence electrons. The maximum Gasteiger partial charge on any atom is 0.497 e. The van der Waals surface area contributed by atoms with Gasteiger partial charge in [-0.25, -0.2) is 4.98 Å². The van der Waals surface area contributed by atoms with Crippen LogP contribution in [0.3, 0.4) is 0 Å². The Morgan fingerprint density at radius 3 is 1.75 bits per heavy atom. The van der Waals surface area contributed by atoms with E-state index in [0.717, 1.165) is 22.6 Å². The second kappa shape index (κ2) is 10.2. The van der Waals surface area contributed by atoms with Crippen molar-refractivity contribution < 1.29 is 18.8 Å². The van der Waals surface area contributed by atoms with Gasteiger partial charge in [-0.05, 0) is 69.2 Å². The highest BCUT2D eigenvalue weighted by Gasteiger charge is 2.52. The Morgan fingerprint density at radius 1 is 0.861 bits per heavy atom. The molecule has 2 heterocycles. The molecular formula is C28H32BN3O4. The lowest BCUT2D eigenvalue weighted by Gasteiger charge is -2.32. The minimum atomic E-state index is -0.650. The number of nitrogens with zero attached hydrogens (tertiary/aromatic N) is 3. The number of aromatic nitrogens is 1. The van der Waals surface area contributed by atoms with Crippen LogP contribution in [0, 0.1) is 11.3 Å².